The summed E-state index contributed by atoms with van der Waals surface area (Å²) in [5.74, 6) is -1.97. The Kier molecular flexibility index (Phi) is 5.93. The van der Waals surface area contributed by atoms with Crippen molar-refractivity contribution in [3.05, 3.63) is 52.6 Å². The third kappa shape index (κ3) is 5.05. The first-order valence-electron chi connectivity index (χ1n) is 8.08. The highest BCUT2D eigenvalue weighted by Gasteiger charge is 2.35. The highest BCUT2D eigenvalue weighted by Crippen LogP contribution is 2.37. The lowest BCUT2D eigenvalue weighted by atomic mass is 10.1. The Hall–Kier alpha value is -3.08. The molecule has 0 aromatic heterocycles. The van der Waals surface area contributed by atoms with Gasteiger partial charge in [-0.15, -0.1) is 0 Å². The van der Waals surface area contributed by atoms with E-state index in [9.17, 15) is 31.2 Å². The Bertz CT molecular complexity index is 1100. The molecule has 0 aliphatic rings. The largest absolute Gasteiger partial charge is 0.478 e. The van der Waals surface area contributed by atoms with E-state index in [1.807, 2.05) is 4.72 Å². The third-order valence-electron chi connectivity index (χ3n) is 4.05. The van der Waals surface area contributed by atoms with Crippen LogP contribution in [-0.2, 0) is 21.0 Å². The molecule has 0 spiro atoms. The van der Waals surface area contributed by atoms with Crippen LogP contribution in [0, 0.1) is 13.8 Å². The van der Waals surface area contributed by atoms with E-state index in [2.05, 4.69) is 5.32 Å². The molecule has 0 unspecified atom stereocenters. The fourth-order valence-electron chi connectivity index (χ4n) is 2.58. The standard InChI is InChI=1S/C18H17F3N2O5S/c1-9-6-12(17(25)26)7-16(10(9)2)29(27,28)23-15-5-4-13(22-11(3)24)8-14(15)18(19,20)21/h4-8,23H,1-3H3,(H,22,24)(H,25,26). The van der Waals surface area contributed by atoms with E-state index < -0.39 is 44.2 Å². The summed E-state index contributed by atoms with van der Waals surface area (Å²) in [5.41, 5.74) is -1.99. The Labute approximate surface area is 164 Å². The van der Waals surface area contributed by atoms with Crippen molar-refractivity contribution in [2.24, 2.45) is 0 Å². The zero-order valence-corrected chi connectivity index (χ0v) is 16.3. The van der Waals surface area contributed by atoms with Gasteiger partial charge < -0.3 is 10.4 Å². The number of amides is 1. The molecule has 156 valence electrons. The van der Waals surface area contributed by atoms with Gasteiger partial charge in [-0.2, -0.15) is 13.2 Å². The molecule has 0 radical (unpaired) electrons. The van der Waals surface area contributed by atoms with Crippen molar-refractivity contribution in [2.75, 3.05) is 10.0 Å². The molecule has 1 amide bonds. The van der Waals surface area contributed by atoms with E-state index in [4.69, 9.17) is 5.11 Å². The van der Waals surface area contributed by atoms with E-state index in [-0.39, 0.29) is 16.8 Å². The van der Waals surface area contributed by atoms with Crippen molar-refractivity contribution >= 4 is 33.3 Å². The van der Waals surface area contributed by atoms with Crippen LogP contribution >= 0.6 is 0 Å². The normalized spacial score (nSPS) is 11.8. The van der Waals surface area contributed by atoms with Crippen molar-refractivity contribution in [1.82, 2.24) is 0 Å². The van der Waals surface area contributed by atoms with Gasteiger partial charge in [0, 0.05) is 12.6 Å². The Morgan fingerprint density at radius 1 is 1.07 bits per heavy atom. The summed E-state index contributed by atoms with van der Waals surface area (Å²) in [7, 11) is -4.54. The summed E-state index contributed by atoms with van der Waals surface area (Å²) in [6.07, 6.45) is -4.92. The smallest absolute Gasteiger partial charge is 0.418 e. The summed E-state index contributed by atoms with van der Waals surface area (Å²) in [5, 5.41) is 11.3. The maximum Gasteiger partial charge on any atom is 0.418 e. The van der Waals surface area contributed by atoms with E-state index in [0.29, 0.717) is 11.6 Å². The molecule has 0 heterocycles. The molecule has 0 aliphatic heterocycles. The van der Waals surface area contributed by atoms with Crippen LogP contribution in [0.4, 0.5) is 24.5 Å². The predicted octanol–water partition coefficient (Wildman–Crippen LogP) is 3.78. The number of alkyl halides is 3. The van der Waals surface area contributed by atoms with Gasteiger partial charge in [0.2, 0.25) is 5.91 Å². The first-order chi connectivity index (χ1) is 13.2. The van der Waals surface area contributed by atoms with Crippen LogP contribution in [-0.4, -0.2) is 25.4 Å². The number of sulfonamides is 1. The van der Waals surface area contributed by atoms with Gasteiger partial charge in [-0.25, -0.2) is 13.2 Å². The average molecular weight is 430 g/mol. The van der Waals surface area contributed by atoms with Crippen LogP contribution in [0.2, 0.25) is 0 Å². The van der Waals surface area contributed by atoms with Gasteiger partial charge in [-0.05, 0) is 55.3 Å². The molecule has 2 aromatic carbocycles. The van der Waals surface area contributed by atoms with E-state index >= 15 is 0 Å². The predicted molar refractivity (Wildman–Crippen MR) is 99.4 cm³/mol. The van der Waals surface area contributed by atoms with Gasteiger partial charge in [-0.3, -0.25) is 9.52 Å². The Morgan fingerprint density at radius 2 is 1.69 bits per heavy atom. The minimum atomic E-state index is -4.92. The maximum atomic E-state index is 13.4. The first kappa shape index (κ1) is 22.2. The van der Waals surface area contributed by atoms with Gasteiger partial charge in [0.25, 0.3) is 10.0 Å². The third-order valence-corrected chi connectivity index (χ3v) is 5.54. The number of aromatic carboxylic acids is 1. The van der Waals surface area contributed by atoms with Gasteiger partial charge >= 0.3 is 12.1 Å². The van der Waals surface area contributed by atoms with Crippen molar-refractivity contribution in [3.63, 3.8) is 0 Å². The van der Waals surface area contributed by atoms with Gasteiger partial charge in [0.05, 0.1) is 21.7 Å². The first-order valence-corrected chi connectivity index (χ1v) is 9.57. The number of carboxylic acid groups (broad SMARTS) is 1. The summed E-state index contributed by atoms with van der Waals surface area (Å²) < 4.78 is 67.7. The van der Waals surface area contributed by atoms with Crippen molar-refractivity contribution in [2.45, 2.75) is 31.8 Å². The molecule has 0 saturated carbocycles. The van der Waals surface area contributed by atoms with E-state index in [1.165, 1.54) is 19.9 Å². The molecule has 0 bridgehead atoms. The number of rotatable bonds is 5. The lowest BCUT2D eigenvalue weighted by Gasteiger charge is -2.18. The second-order valence-corrected chi connectivity index (χ2v) is 7.92. The van der Waals surface area contributed by atoms with Crippen molar-refractivity contribution in [1.29, 1.82) is 0 Å². The molecule has 0 atom stereocenters. The monoisotopic (exact) mass is 430 g/mol. The number of aryl methyl sites for hydroxylation is 1. The minimum absolute atomic E-state index is 0.160. The number of anilines is 2. The number of hydrogen-bond donors (Lipinski definition) is 3. The molecule has 3 N–H and O–H groups in total. The second-order valence-electron chi connectivity index (χ2n) is 6.27. The van der Waals surface area contributed by atoms with Crippen LogP contribution in [0.25, 0.3) is 0 Å². The zero-order valence-electron chi connectivity index (χ0n) is 15.5. The maximum absolute atomic E-state index is 13.4. The van der Waals surface area contributed by atoms with E-state index in [0.717, 1.165) is 25.1 Å². The van der Waals surface area contributed by atoms with Crippen molar-refractivity contribution in [3.8, 4) is 0 Å². The topological polar surface area (TPSA) is 113 Å². The Balaban J connectivity index is 2.58. The number of carboxylic acids is 1. The minimum Gasteiger partial charge on any atom is -0.478 e. The number of halogens is 3. The van der Waals surface area contributed by atoms with Crippen LogP contribution in [0.3, 0.4) is 0 Å². The molecule has 0 fully saturated rings. The average Bonchev–Trinajstić information content (AvgIpc) is 2.56. The van der Waals surface area contributed by atoms with E-state index in [1.54, 1.807) is 0 Å². The lowest BCUT2D eigenvalue weighted by molar-refractivity contribution is -0.136. The molecule has 7 nitrogen and oxygen atoms in total. The molecule has 2 rings (SSSR count). The van der Waals surface area contributed by atoms with Crippen LogP contribution in [0.1, 0.15) is 34.0 Å². The van der Waals surface area contributed by atoms with Crippen molar-refractivity contribution < 1.29 is 36.3 Å². The fraction of sp³-hybridized carbons (Fsp3) is 0.222. The number of hydrogen-bond acceptors (Lipinski definition) is 4. The quantitative estimate of drug-likeness (QED) is 0.668. The second kappa shape index (κ2) is 7.74. The molecule has 29 heavy (non-hydrogen) atoms. The summed E-state index contributed by atoms with van der Waals surface area (Å²) in [6, 6.07) is 4.73. The molecule has 11 heteroatoms. The highest BCUT2D eigenvalue weighted by atomic mass is 32.2. The Morgan fingerprint density at radius 3 is 2.21 bits per heavy atom. The SMILES string of the molecule is CC(=O)Nc1ccc(NS(=O)(=O)c2cc(C(=O)O)cc(C)c2C)c(C(F)(F)F)c1. The van der Waals surface area contributed by atoms with Gasteiger partial charge in [0.1, 0.15) is 0 Å². The zero-order chi connectivity index (χ0) is 22.1. The molecular formula is C18H17F3N2O5S. The van der Waals surface area contributed by atoms with Crippen LogP contribution in [0.15, 0.2) is 35.2 Å². The number of carbonyl (C=O) groups is 2. The number of carbonyl (C=O) groups excluding carboxylic acids is 1. The number of benzene rings is 2. The fourth-order valence-corrected chi connectivity index (χ4v) is 4.00. The number of nitrogens with one attached hydrogen (secondary N) is 2. The highest BCUT2D eigenvalue weighted by molar-refractivity contribution is 7.92. The summed E-state index contributed by atoms with van der Waals surface area (Å²) in [6.45, 7) is 4.02. The summed E-state index contributed by atoms with van der Waals surface area (Å²) >= 11 is 0. The van der Waals surface area contributed by atoms with Gasteiger partial charge in [0.15, 0.2) is 0 Å². The lowest BCUT2D eigenvalue weighted by Crippen LogP contribution is -2.19. The molecule has 0 aliphatic carbocycles. The molecule has 0 saturated heterocycles. The summed E-state index contributed by atoms with van der Waals surface area (Å²) in [4.78, 5) is 21.8. The van der Waals surface area contributed by atoms with Gasteiger partial charge in [-0.1, -0.05) is 0 Å². The van der Waals surface area contributed by atoms with Crippen LogP contribution in [0.5, 0.6) is 0 Å². The van der Waals surface area contributed by atoms with Crippen LogP contribution < -0.4 is 10.0 Å². The molecule has 2 aromatic rings. The molecular weight excluding hydrogens is 413 g/mol.